The first kappa shape index (κ1) is 24.2. The fourth-order valence-electron chi connectivity index (χ4n) is 2.51. The minimum Gasteiger partial charge on any atom is -0.491 e. The Kier molecular flexibility index (Phi) is 8.44. The predicted octanol–water partition coefficient (Wildman–Crippen LogP) is 3.13. The molecule has 0 unspecified atom stereocenters. The van der Waals surface area contributed by atoms with Gasteiger partial charge < -0.3 is 15.4 Å². The molecular weight excluding hydrogens is 418 g/mol. The maximum atomic E-state index is 12.2. The van der Waals surface area contributed by atoms with Gasteiger partial charge in [0.25, 0.3) is 0 Å². The van der Waals surface area contributed by atoms with Gasteiger partial charge in [0.05, 0.1) is 6.10 Å². The molecule has 2 amide bonds. The normalized spacial score (nSPS) is 11.3. The Bertz CT molecular complexity index is 985. The van der Waals surface area contributed by atoms with E-state index in [9.17, 15) is 18.0 Å². The fraction of sp³-hybridized carbons (Fsp3) is 0.364. The summed E-state index contributed by atoms with van der Waals surface area (Å²) in [7, 11) is -3.85. The standard InChI is InChI=1S/C22H29N3O5S/c1-15(2)22(27)24-18-7-5-17(6-8-18)13-23-21(26)14-31(28,29)25-19-9-11-20(12-10-19)30-16(3)4/h5-12,15-16,25H,13-14H2,1-4H3,(H,23,26)(H,24,27). The van der Waals surface area contributed by atoms with E-state index in [2.05, 4.69) is 15.4 Å². The average Bonchev–Trinajstić information content (AvgIpc) is 2.68. The number of anilines is 2. The van der Waals surface area contributed by atoms with E-state index in [0.717, 1.165) is 5.56 Å². The molecule has 0 aromatic heterocycles. The number of hydrogen-bond acceptors (Lipinski definition) is 5. The molecule has 8 nitrogen and oxygen atoms in total. The molecule has 3 N–H and O–H groups in total. The van der Waals surface area contributed by atoms with Crippen molar-refractivity contribution in [1.29, 1.82) is 0 Å². The van der Waals surface area contributed by atoms with E-state index in [-0.39, 0.29) is 24.5 Å². The number of sulfonamides is 1. The first-order valence-corrected chi connectivity index (χ1v) is 11.6. The molecule has 0 fully saturated rings. The molecule has 0 atom stereocenters. The van der Waals surface area contributed by atoms with E-state index < -0.39 is 21.7 Å². The Morgan fingerprint density at radius 3 is 2.03 bits per heavy atom. The molecule has 0 aliphatic carbocycles. The number of nitrogens with one attached hydrogen (secondary N) is 3. The molecule has 0 saturated heterocycles. The maximum Gasteiger partial charge on any atom is 0.241 e. The smallest absolute Gasteiger partial charge is 0.241 e. The predicted molar refractivity (Wildman–Crippen MR) is 121 cm³/mol. The molecule has 0 bridgehead atoms. The summed E-state index contributed by atoms with van der Waals surface area (Å²) in [6.45, 7) is 7.58. The minimum atomic E-state index is -3.85. The third-order valence-corrected chi connectivity index (χ3v) is 5.25. The van der Waals surface area contributed by atoms with Crippen LogP contribution in [-0.4, -0.2) is 32.1 Å². The fourth-order valence-corrected chi connectivity index (χ4v) is 3.52. The first-order valence-electron chi connectivity index (χ1n) is 9.98. The van der Waals surface area contributed by atoms with Gasteiger partial charge in [-0.3, -0.25) is 14.3 Å². The molecule has 0 aliphatic heterocycles. The van der Waals surface area contributed by atoms with E-state index in [1.807, 2.05) is 13.8 Å². The molecule has 0 radical (unpaired) electrons. The second-order valence-corrected chi connectivity index (χ2v) is 9.39. The lowest BCUT2D eigenvalue weighted by molar-refractivity contribution is -0.119. The molecular formula is C22H29N3O5S. The van der Waals surface area contributed by atoms with Gasteiger partial charge in [0, 0.05) is 23.8 Å². The van der Waals surface area contributed by atoms with Crippen molar-refractivity contribution in [3.63, 3.8) is 0 Å². The van der Waals surface area contributed by atoms with Gasteiger partial charge in [-0.25, -0.2) is 8.42 Å². The van der Waals surface area contributed by atoms with Crippen molar-refractivity contribution in [1.82, 2.24) is 5.32 Å². The molecule has 0 saturated carbocycles. The Labute approximate surface area is 183 Å². The van der Waals surface area contributed by atoms with Crippen molar-refractivity contribution in [2.24, 2.45) is 5.92 Å². The van der Waals surface area contributed by atoms with Crippen molar-refractivity contribution in [2.75, 3.05) is 15.8 Å². The van der Waals surface area contributed by atoms with Crippen LogP contribution >= 0.6 is 0 Å². The Morgan fingerprint density at radius 2 is 1.48 bits per heavy atom. The zero-order valence-electron chi connectivity index (χ0n) is 18.1. The van der Waals surface area contributed by atoms with Crippen molar-refractivity contribution in [2.45, 2.75) is 40.3 Å². The summed E-state index contributed by atoms with van der Waals surface area (Å²) in [4.78, 5) is 23.8. The van der Waals surface area contributed by atoms with Gasteiger partial charge in [-0.15, -0.1) is 0 Å². The second-order valence-electron chi connectivity index (χ2n) is 7.67. The number of hydrogen-bond donors (Lipinski definition) is 3. The highest BCUT2D eigenvalue weighted by Crippen LogP contribution is 2.18. The SMILES string of the molecule is CC(C)Oc1ccc(NS(=O)(=O)CC(=O)NCc2ccc(NC(=O)C(C)C)cc2)cc1. The maximum absolute atomic E-state index is 12.2. The number of amides is 2. The highest BCUT2D eigenvalue weighted by molar-refractivity contribution is 7.93. The summed E-state index contributed by atoms with van der Waals surface area (Å²) in [6, 6.07) is 13.4. The molecule has 9 heteroatoms. The molecule has 2 aromatic rings. The van der Waals surface area contributed by atoms with Gasteiger partial charge in [0.15, 0.2) is 0 Å². The molecule has 0 spiro atoms. The van der Waals surface area contributed by atoms with E-state index in [1.54, 1.807) is 62.4 Å². The topological polar surface area (TPSA) is 114 Å². The van der Waals surface area contributed by atoms with Gasteiger partial charge >= 0.3 is 0 Å². The number of benzene rings is 2. The second kappa shape index (κ2) is 10.8. The van der Waals surface area contributed by atoms with Crippen molar-refractivity contribution in [3.8, 4) is 5.75 Å². The van der Waals surface area contributed by atoms with Crippen LogP contribution in [0, 0.1) is 5.92 Å². The van der Waals surface area contributed by atoms with E-state index in [4.69, 9.17) is 4.74 Å². The molecule has 168 valence electrons. The Hall–Kier alpha value is -3.07. The Morgan fingerprint density at radius 1 is 0.903 bits per heavy atom. The summed E-state index contributed by atoms with van der Waals surface area (Å²) in [5, 5.41) is 5.36. The summed E-state index contributed by atoms with van der Waals surface area (Å²) in [6.07, 6.45) is 0.0150. The zero-order chi connectivity index (χ0) is 23.0. The van der Waals surface area contributed by atoms with E-state index in [0.29, 0.717) is 17.1 Å². The van der Waals surface area contributed by atoms with E-state index in [1.165, 1.54) is 0 Å². The van der Waals surface area contributed by atoms with Gasteiger partial charge in [-0.05, 0) is 55.8 Å². The quantitative estimate of drug-likeness (QED) is 0.518. The monoisotopic (exact) mass is 447 g/mol. The summed E-state index contributed by atoms with van der Waals surface area (Å²) in [5.41, 5.74) is 1.79. The van der Waals surface area contributed by atoms with Crippen LogP contribution in [-0.2, 0) is 26.2 Å². The molecule has 0 heterocycles. The lowest BCUT2D eigenvalue weighted by atomic mass is 10.1. The zero-order valence-corrected chi connectivity index (χ0v) is 19.0. The van der Waals surface area contributed by atoms with Crippen molar-refractivity contribution < 1.29 is 22.7 Å². The van der Waals surface area contributed by atoms with Gasteiger partial charge in [0.1, 0.15) is 11.5 Å². The van der Waals surface area contributed by atoms with Crippen LogP contribution in [0.25, 0.3) is 0 Å². The lowest BCUT2D eigenvalue weighted by Gasteiger charge is -2.12. The van der Waals surface area contributed by atoms with Crippen LogP contribution in [0.2, 0.25) is 0 Å². The minimum absolute atomic E-state index is 0.0150. The van der Waals surface area contributed by atoms with Gasteiger partial charge in [0.2, 0.25) is 21.8 Å². The number of ether oxygens (including phenoxy) is 1. The molecule has 31 heavy (non-hydrogen) atoms. The van der Waals surface area contributed by atoms with Crippen molar-refractivity contribution in [3.05, 3.63) is 54.1 Å². The van der Waals surface area contributed by atoms with Crippen LogP contribution in [0.1, 0.15) is 33.3 Å². The number of carbonyl (C=O) groups excluding carboxylic acids is 2. The summed E-state index contributed by atoms with van der Waals surface area (Å²) in [5.74, 6) is -0.892. The molecule has 2 rings (SSSR count). The number of rotatable bonds is 10. The average molecular weight is 448 g/mol. The molecule has 2 aromatic carbocycles. The van der Waals surface area contributed by atoms with Crippen LogP contribution in [0.15, 0.2) is 48.5 Å². The third kappa shape index (κ3) is 8.67. The van der Waals surface area contributed by atoms with Gasteiger partial charge in [-0.2, -0.15) is 0 Å². The van der Waals surface area contributed by atoms with Crippen LogP contribution in [0.4, 0.5) is 11.4 Å². The largest absolute Gasteiger partial charge is 0.491 e. The van der Waals surface area contributed by atoms with Gasteiger partial charge in [-0.1, -0.05) is 26.0 Å². The summed E-state index contributed by atoms with van der Waals surface area (Å²) >= 11 is 0. The Balaban J connectivity index is 1.83. The van der Waals surface area contributed by atoms with Crippen LogP contribution in [0.5, 0.6) is 5.75 Å². The van der Waals surface area contributed by atoms with Crippen LogP contribution < -0.4 is 20.1 Å². The number of carbonyl (C=O) groups is 2. The van der Waals surface area contributed by atoms with E-state index >= 15 is 0 Å². The third-order valence-electron chi connectivity index (χ3n) is 4.06. The first-order chi connectivity index (χ1) is 14.5. The highest BCUT2D eigenvalue weighted by atomic mass is 32.2. The lowest BCUT2D eigenvalue weighted by Crippen LogP contribution is -2.32. The van der Waals surface area contributed by atoms with Crippen LogP contribution in [0.3, 0.4) is 0 Å². The molecule has 0 aliphatic rings. The van der Waals surface area contributed by atoms with Crippen molar-refractivity contribution >= 4 is 33.2 Å². The summed E-state index contributed by atoms with van der Waals surface area (Å²) < 4.78 is 32.4. The highest BCUT2D eigenvalue weighted by Gasteiger charge is 2.16.